The summed E-state index contributed by atoms with van der Waals surface area (Å²) in [6.45, 7) is 1.59. The molecule has 2 aromatic rings. The molecule has 0 saturated carbocycles. The largest absolute Gasteiger partial charge is 0.443 e. The van der Waals surface area contributed by atoms with Crippen LogP contribution >= 0.6 is 11.3 Å². The van der Waals surface area contributed by atoms with Crippen LogP contribution in [0.5, 0.6) is 0 Å². The van der Waals surface area contributed by atoms with Crippen LogP contribution in [0.2, 0.25) is 0 Å². The number of rotatable bonds is 2. The molecule has 0 radical (unpaired) electrons. The minimum atomic E-state index is -4.42. The zero-order valence-corrected chi connectivity index (χ0v) is 10.1. The first-order chi connectivity index (χ1) is 8.41. The molecular weight excluding hydrogens is 263 g/mol. The summed E-state index contributed by atoms with van der Waals surface area (Å²) in [6, 6.07) is 6.28. The summed E-state index contributed by atoms with van der Waals surface area (Å²) in [5, 5.41) is -0.852. The van der Waals surface area contributed by atoms with Crippen molar-refractivity contribution in [2.24, 2.45) is 0 Å². The lowest BCUT2D eigenvalue weighted by Crippen LogP contribution is -2.03. The molecule has 0 atom stereocenters. The Bertz CT molecular complexity index is 572. The molecule has 6 heteroatoms. The fraction of sp³-hybridized carbons (Fsp3) is 0.167. The molecule has 0 spiro atoms. The van der Waals surface area contributed by atoms with E-state index in [4.69, 9.17) is 0 Å². The Kier molecular flexibility index (Phi) is 3.21. The Morgan fingerprint density at radius 1 is 1.22 bits per heavy atom. The van der Waals surface area contributed by atoms with Crippen LogP contribution in [0.15, 0.2) is 24.3 Å². The summed E-state index contributed by atoms with van der Waals surface area (Å²) in [4.78, 5) is 14.6. The first-order valence-corrected chi connectivity index (χ1v) is 5.83. The number of thiazole rings is 1. The quantitative estimate of drug-likeness (QED) is 0.774. The Morgan fingerprint density at radius 3 is 2.28 bits per heavy atom. The highest BCUT2D eigenvalue weighted by molar-refractivity contribution is 7.12. The normalized spacial score (nSPS) is 11.6. The number of aldehydes is 1. The predicted octanol–water partition coefficient (Wildman–Crippen LogP) is 3.95. The van der Waals surface area contributed by atoms with Crippen molar-refractivity contribution in [3.8, 4) is 11.3 Å². The second-order valence-corrected chi connectivity index (χ2v) is 4.86. The first kappa shape index (κ1) is 12.8. The molecule has 0 bridgehead atoms. The lowest BCUT2D eigenvalue weighted by Gasteiger charge is -2.00. The maximum atomic E-state index is 12.5. The molecule has 0 saturated heterocycles. The summed E-state index contributed by atoms with van der Waals surface area (Å²) < 4.78 is 37.6. The maximum Gasteiger partial charge on any atom is 0.443 e. The molecular formula is C12H8F3NOS. The average molecular weight is 271 g/mol. The first-order valence-electron chi connectivity index (χ1n) is 5.02. The maximum absolute atomic E-state index is 12.5. The Labute approximate surface area is 105 Å². The fourth-order valence-electron chi connectivity index (χ4n) is 1.51. The fourth-order valence-corrected chi connectivity index (χ4v) is 2.31. The van der Waals surface area contributed by atoms with Crippen LogP contribution in [-0.2, 0) is 6.18 Å². The third kappa shape index (κ3) is 2.43. The van der Waals surface area contributed by atoms with E-state index in [-0.39, 0.29) is 0 Å². The second kappa shape index (κ2) is 4.53. The van der Waals surface area contributed by atoms with Crippen molar-refractivity contribution in [3.63, 3.8) is 0 Å². The standard InChI is InChI=1S/C12H8F3NOS/c1-7-10(16-11(18-7)12(13,14)15)9-4-2-8(6-17)3-5-9/h2-6H,1H3. The van der Waals surface area contributed by atoms with Crippen LogP contribution in [-0.4, -0.2) is 11.3 Å². The van der Waals surface area contributed by atoms with Crippen LogP contribution in [0.25, 0.3) is 11.3 Å². The van der Waals surface area contributed by atoms with Gasteiger partial charge in [0.05, 0.1) is 5.69 Å². The van der Waals surface area contributed by atoms with Crippen molar-refractivity contribution >= 4 is 17.6 Å². The number of hydrogen-bond acceptors (Lipinski definition) is 3. The molecule has 1 heterocycles. The highest BCUT2D eigenvalue weighted by atomic mass is 32.1. The van der Waals surface area contributed by atoms with Crippen molar-refractivity contribution in [2.45, 2.75) is 13.1 Å². The minimum absolute atomic E-state index is 0.310. The molecule has 0 aliphatic heterocycles. The highest BCUT2D eigenvalue weighted by Gasteiger charge is 2.35. The van der Waals surface area contributed by atoms with Crippen molar-refractivity contribution in [1.29, 1.82) is 0 Å². The van der Waals surface area contributed by atoms with Crippen molar-refractivity contribution < 1.29 is 18.0 Å². The van der Waals surface area contributed by atoms with Gasteiger partial charge in [-0.15, -0.1) is 11.3 Å². The molecule has 0 amide bonds. The number of nitrogens with zero attached hydrogens (tertiary/aromatic N) is 1. The van der Waals surface area contributed by atoms with Crippen LogP contribution in [0.3, 0.4) is 0 Å². The average Bonchev–Trinajstić information content (AvgIpc) is 2.71. The van der Waals surface area contributed by atoms with Gasteiger partial charge < -0.3 is 0 Å². The summed E-state index contributed by atoms with van der Waals surface area (Å²) in [5.74, 6) is 0. The van der Waals surface area contributed by atoms with E-state index in [1.807, 2.05) is 0 Å². The Balaban J connectivity index is 2.44. The Hall–Kier alpha value is -1.69. The van der Waals surface area contributed by atoms with E-state index in [1.54, 1.807) is 31.2 Å². The summed E-state index contributed by atoms with van der Waals surface area (Å²) in [5.41, 5.74) is 1.36. The Morgan fingerprint density at radius 2 is 1.83 bits per heavy atom. The zero-order chi connectivity index (χ0) is 13.3. The highest BCUT2D eigenvalue weighted by Crippen LogP contribution is 2.37. The number of hydrogen-bond donors (Lipinski definition) is 0. The molecule has 1 aromatic carbocycles. The predicted molar refractivity (Wildman–Crippen MR) is 62.7 cm³/mol. The molecule has 2 nitrogen and oxygen atoms in total. The van der Waals surface area contributed by atoms with Crippen molar-refractivity contribution in [1.82, 2.24) is 4.98 Å². The van der Waals surface area contributed by atoms with Crippen LogP contribution in [0, 0.1) is 6.92 Å². The van der Waals surface area contributed by atoms with E-state index in [2.05, 4.69) is 4.98 Å². The monoisotopic (exact) mass is 271 g/mol. The number of aromatic nitrogens is 1. The summed E-state index contributed by atoms with van der Waals surface area (Å²) in [6.07, 6.45) is -3.74. The summed E-state index contributed by atoms with van der Waals surface area (Å²) >= 11 is 0.620. The number of carbonyl (C=O) groups excluding carboxylic acids is 1. The molecule has 1 aromatic heterocycles. The van der Waals surface area contributed by atoms with Gasteiger partial charge in [-0.2, -0.15) is 13.2 Å². The van der Waals surface area contributed by atoms with Gasteiger partial charge in [-0.1, -0.05) is 24.3 Å². The molecule has 0 fully saturated rings. The lowest BCUT2D eigenvalue weighted by atomic mass is 10.1. The van der Waals surface area contributed by atoms with Gasteiger partial charge in [0.15, 0.2) is 5.01 Å². The smallest absolute Gasteiger partial charge is 0.298 e. The van der Waals surface area contributed by atoms with E-state index in [0.29, 0.717) is 39.3 Å². The third-order valence-corrected chi connectivity index (χ3v) is 3.37. The molecule has 0 unspecified atom stereocenters. The van der Waals surface area contributed by atoms with Gasteiger partial charge >= 0.3 is 6.18 Å². The van der Waals surface area contributed by atoms with Crippen molar-refractivity contribution in [2.75, 3.05) is 0 Å². The van der Waals surface area contributed by atoms with Gasteiger partial charge in [0.2, 0.25) is 0 Å². The topological polar surface area (TPSA) is 30.0 Å². The van der Waals surface area contributed by atoms with Gasteiger partial charge in [0.1, 0.15) is 6.29 Å². The van der Waals surface area contributed by atoms with Crippen LogP contribution < -0.4 is 0 Å². The van der Waals surface area contributed by atoms with Gasteiger partial charge in [-0.05, 0) is 6.92 Å². The van der Waals surface area contributed by atoms with Gasteiger partial charge in [-0.25, -0.2) is 4.98 Å². The number of carbonyl (C=O) groups is 1. The molecule has 0 aliphatic carbocycles. The summed E-state index contributed by atoms with van der Waals surface area (Å²) in [7, 11) is 0. The van der Waals surface area contributed by atoms with Crippen molar-refractivity contribution in [3.05, 3.63) is 39.7 Å². The molecule has 0 N–H and O–H groups in total. The SMILES string of the molecule is Cc1sc(C(F)(F)F)nc1-c1ccc(C=O)cc1. The zero-order valence-electron chi connectivity index (χ0n) is 9.28. The number of halogens is 3. The van der Waals surface area contributed by atoms with E-state index in [1.165, 1.54) is 0 Å². The van der Waals surface area contributed by atoms with E-state index in [0.717, 1.165) is 0 Å². The molecule has 94 valence electrons. The number of alkyl halides is 3. The van der Waals surface area contributed by atoms with Crippen LogP contribution in [0.1, 0.15) is 20.2 Å². The van der Waals surface area contributed by atoms with Gasteiger partial charge in [-0.3, -0.25) is 4.79 Å². The van der Waals surface area contributed by atoms with Crippen LogP contribution in [0.4, 0.5) is 13.2 Å². The third-order valence-electron chi connectivity index (χ3n) is 2.36. The van der Waals surface area contributed by atoms with E-state index < -0.39 is 11.2 Å². The molecule has 18 heavy (non-hydrogen) atoms. The lowest BCUT2D eigenvalue weighted by molar-refractivity contribution is -0.137. The second-order valence-electron chi connectivity index (χ2n) is 3.66. The molecule has 2 rings (SSSR count). The molecule has 0 aliphatic rings. The van der Waals surface area contributed by atoms with Gasteiger partial charge in [0.25, 0.3) is 0 Å². The minimum Gasteiger partial charge on any atom is -0.298 e. The number of benzene rings is 1. The van der Waals surface area contributed by atoms with Gasteiger partial charge in [0, 0.05) is 16.0 Å². The van der Waals surface area contributed by atoms with E-state index >= 15 is 0 Å². The number of aryl methyl sites for hydroxylation is 1. The van der Waals surface area contributed by atoms with E-state index in [9.17, 15) is 18.0 Å².